The molecule has 0 saturated carbocycles. The minimum atomic E-state index is -1.24. The molecule has 1 aromatic heterocycles. The van der Waals surface area contributed by atoms with Crippen molar-refractivity contribution in [3.63, 3.8) is 0 Å². The number of ether oxygens (including phenoxy) is 1. The molecule has 0 bridgehead atoms. The van der Waals surface area contributed by atoms with Gasteiger partial charge in [-0.05, 0) is 12.8 Å². The summed E-state index contributed by atoms with van der Waals surface area (Å²) in [6, 6.07) is 1.02. The molecule has 1 unspecified atom stereocenters. The number of carbonyl (C=O) groups is 1. The van der Waals surface area contributed by atoms with Gasteiger partial charge in [0.2, 0.25) is 5.82 Å². The predicted octanol–water partition coefficient (Wildman–Crippen LogP) is 1.30. The summed E-state index contributed by atoms with van der Waals surface area (Å²) < 4.78 is 5.47. The van der Waals surface area contributed by atoms with Crippen molar-refractivity contribution in [1.29, 1.82) is 0 Å². The smallest absolute Gasteiger partial charge is 0.337 e. The second-order valence-corrected chi connectivity index (χ2v) is 4.64. The number of nitro groups is 1. The second-order valence-electron chi connectivity index (χ2n) is 4.64. The van der Waals surface area contributed by atoms with Crippen LogP contribution in [0.2, 0.25) is 0 Å². The molecule has 20 heavy (non-hydrogen) atoms. The summed E-state index contributed by atoms with van der Waals surface area (Å²) in [7, 11) is 1.68. The number of anilines is 1. The van der Waals surface area contributed by atoms with Crippen LogP contribution in [0.4, 0.5) is 11.5 Å². The highest BCUT2D eigenvalue weighted by atomic mass is 16.6. The number of pyridine rings is 1. The van der Waals surface area contributed by atoms with Crippen LogP contribution in [-0.2, 0) is 4.74 Å². The topological polar surface area (TPSA) is 106 Å². The Bertz CT molecular complexity index is 528. The van der Waals surface area contributed by atoms with Gasteiger partial charge in [-0.3, -0.25) is 10.1 Å². The molecule has 0 aromatic carbocycles. The summed E-state index contributed by atoms with van der Waals surface area (Å²) in [6.07, 6.45) is 3.04. The summed E-state index contributed by atoms with van der Waals surface area (Å²) in [5.74, 6) is -1.09. The van der Waals surface area contributed by atoms with Crippen molar-refractivity contribution in [2.24, 2.45) is 0 Å². The Kier molecular flexibility index (Phi) is 4.14. The molecular formula is C12H15N3O5. The summed E-state index contributed by atoms with van der Waals surface area (Å²) in [5, 5.41) is 19.9. The van der Waals surface area contributed by atoms with Gasteiger partial charge in [0.15, 0.2) is 0 Å². The fourth-order valence-corrected chi connectivity index (χ4v) is 2.17. The van der Waals surface area contributed by atoms with Crippen molar-refractivity contribution in [2.45, 2.75) is 18.9 Å². The lowest BCUT2D eigenvalue weighted by Crippen LogP contribution is -2.29. The van der Waals surface area contributed by atoms with E-state index >= 15 is 0 Å². The van der Waals surface area contributed by atoms with Crippen molar-refractivity contribution in [3.05, 3.63) is 27.9 Å². The van der Waals surface area contributed by atoms with Gasteiger partial charge in [0.1, 0.15) is 0 Å². The SMILES string of the molecule is CN(CC1CCCO1)c1ncc(C(=O)O)cc1[N+](=O)[O-]. The molecule has 1 N–H and O–H groups in total. The van der Waals surface area contributed by atoms with E-state index in [0.29, 0.717) is 13.2 Å². The van der Waals surface area contributed by atoms with Gasteiger partial charge in [-0.25, -0.2) is 9.78 Å². The molecule has 1 aliphatic heterocycles. The molecule has 1 aromatic rings. The number of likely N-dealkylation sites (N-methyl/N-ethyl adjacent to an activating group) is 1. The van der Waals surface area contributed by atoms with Crippen LogP contribution in [0.15, 0.2) is 12.3 Å². The maximum absolute atomic E-state index is 11.1. The Labute approximate surface area is 115 Å². The van der Waals surface area contributed by atoms with Crippen LogP contribution in [0.3, 0.4) is 0 Å². The number of hydrogen-bond acceptors (Lipinski definition) is 6. The zero-order chi connectivity index (χ0) is 14.7. The molecule has 0 spiro atoms. The summed E-state index contributed by atoms with van der Waals surface area (Å²) in [6.45, 7) is 1.19. The monoisotopic (exact) mass is 281 g/mol. The average molecular weight is 281 g/mol. The average Bonchev–Trinajstić information content (AvgIpc) is 2.90. The van der Waals surface area contributed by atoms with Gasteiger partial charge >= 0.3 is 11.7 Å². The fraction of sp³-hybridized carbons (Fsp3) is 0.500. The van der Waals surface area contributed by atoms with Gasteiger partial charge in [0.25, 0.3) is 0 Å². The molecular weight excluding hydrogens is 266 g/mol. The molecule has 2 heterocycles. The first-order chi connectivity index (χ1) is 9.49. The van der Waals surface area contributed by atoms with E-state index in [2.05, 4.69) is 4.98 Å². The third-order valence-electron chi connectivity index (χ3n) is 3.15. The minimum absolute atomic E-state index is 0.0283. The van der Waals surface area contributed by atoms with Crippen LogP contribution in [0.25, 0.3) is 0 Å². The lowest BCUT2D eigenvalue weighted by atomic mass is 10.2. The van der Waals surface area contributed by atoms with E-state index < -0.39 is 10.9 Å². The highest BCUT2D eigenvalue weighted by Gasteiger charge is 2.25. The third kappa shape index (κ3) is 3.02. The van der Waals surface area contributed by atoms with E-state index in [9.17, 15) is 14.9 Å². The van der Waals surface area contributed by atoms with Gasteiger partial charge in [0, 0.05) is 32.5 Å². The quantitative estimate of drug-likeness (QED) is 0.640. The van der Waals surface area contributed by atoms with Gasteiger partial charge in [-0.2, -0.15) is 0 Å². The molecule has 8 heteroatoms. The molecule has 0 aliphatic carbocycles. The Hall–Kier alpha value is -2.22. The van der Waals surface area contributed by atoms with E-state index in [1.165, 1.54) is 0 Å². The van der Waals surface area contributed by atoms with E-state index in [1.807, 2.05) is 0 Å². The molecule has 0 radical (unpaired) electrons. The maximum Gasteiger partial charge on any atom is 0.337 e. The second kappa shape index (κ2) is 5.83. The van der Waals surface area contributed by atoms with E-state index in [1.54, 1.807) is 11.9 Å². The minimum Gasteiger partial charge on any atom is -0.478 e. The normalized spacial score (nSPS) is 17.9. The van der Waals surface area contributed by atoms with Gasteiger partial charge in [-0.15, -0.1) is 0 Å². The van der Waals surface area contributed by atoms with Crippen molar-refractivity contribution < 1.29 is 19.6 Å². The zero-order valence-electron chi connectivity index (χ0n) is 11.0. The van der Waals surface area contributed by atoms with E-state index in [4.69, 9.17) is 9.84 Å². The number of hydrogen-bond donors (Lipinski definition) is 1. The molecule has 2 rings (SSSR count). The summed E-state index contributed by atoms with van der Waals surface area (Å²) in [5.41, 5.74) is -0.517. The largest absolute Gasteiger partial charge is 0.478 e. The summed E-state index contributed by atoms with van der Waals surface area (Å²) >= 11 is 0. The molecule has 1 aliphatic rings. The number of nitrogens with zero attached hydrogens (tertiary/aromatic N) is 3. The van der Waals surface area contributed by atoms with Crippen LogP contribution < -0.4 is 4.90 Å². The molecule has 1 saturated heterocycles. The van der Waals surface area contributed by atoms with Gasteiger partial charge in [-0.1, -0.05) is 0 Å². The van der Waals surface area contributed by atoms with Crippen molar-refractivity contribution in [2.75, 3.05) is 25.1 Å². The molecule has 1 atom stereocenters. The number of carboxylic acids is 1. The lowest BCUT2D eigenvalue weighted by Gasteiger charge is -2.21. The Morgan fingerprint density at radius 3 is 3.00 bits per heavy atom. The predicted molar refractivity (Wildman–Crippen MR) is 70.1 cm³/mol. The van der Waals surface area contributed by atoms with Crippen LogP contribution in [0.1, 0.15) is 23.2 Å². The first-order valence-corrected chi connectivity index (χ1v) is 6.19. The maximum atomic E-state index is 11.1. The van der Waals surface area contributed by atoms with Crippen molar-refractivity contribution in [3.8, 4) is 0 Å². The number of carboxylic acid groups (broad SMARTS) is 1. The highest BCUT2D eigenvalue weighted by Crippen LogP contribution is 2.27. The Balaban J connectivity index is 2.24. The molecule has 1 fully saturated rings. The number of aromatic carboxylic acids is 1. The van der Waals surface area contributed by atoms with E-state index in [0.717, 1.165) is 25.1 Å². The van der Waals surface area contributed by atoms with Crippen molar-refractivity contribution >= 4 is 17.5 Å². The standard InChI is InChI=1S/C12H15N3O5/c1-14(7-9-3-2-4-20-9)11-10(15(18)19)5-8(6-13-11)12(16)17/h5-6,9H,2-4,7H2,1H3,(H,16,17). The van der Waals surface area contributed by atoms with Crippen LogP contribution in [0.5, 0.6) is 0 Å². The zero-order valence-corrected chi connectivity index (χ0v) is 11.0. The molecule has 108 valence electrons. The van der Waals surface area contributed by atoms with Crippen LogP contribution >= 0.6 is 0 Å². The third-order valence-corrected chi connectivity index (χ3v) is 3.15. The van der Waals surface area contributed by atoms with Crippen LogP contribution in [-0.4, -0.2) is 47.3 Å². The van der Waals surface area contributed by atoms with Crippen molar-refractivity contribution in [1.82, 2.24) is 4.98 Å². The number of aromatic nitrogens is 1. The Morgan fingerprint density at radius 1 is 1.70 bits per heavy atom. The molecule has 0 amide bonds. The van der Waals surface area contributed by atoms with Crippen LogP contribution in [0, 0.1) is 10.1 Å². The highest BCUT2D eigenvalue weighted by molar-refractivity contribution is 5.88. The fourth-order valence-electron chi connectivity index (χ4n) is 2.17. The van der Waals surface area contributed by atoms with E-state index in [-0.39, 0.29) is 23.2 Å². The first kappa shape index (κ1) is 14.2. The lowest BCUT2D eigenvalue weighted by molar-refractivity contribution is -0.384. The molecule has 8 nitrogen and oxygen atoms in total. The summed E-state index contributed by atoms with van der Waals surface area (Å²) in [4.78, 5) is 26.8. The van der Waals surface area contributed by atoms with Gasteiger partial charge in [0.05, 0.1) is 16.6 Å². The Morgan fingerprint density at radius 2 is 2.45 bits per heavy atom. The number of rotatable bonds is 5. The van der Waals surface area contributed by atoms with Gasteiger partial charge < -0.3 is 14.7 Å². The first-order valence-electron chi connectivity index (χ1n) is 6.19.